The number of carbonyl (C=O) groups is 1. The molecule has 3 aromatic rings. The first-order valence-corrected chi connectivity index (χ1v) is 11.0. The van der Waals surface area contributed by atoms with Gasteiger partial charge in [0.05, 0.1) is 11.3 Å². The van der Waals surface area contributed by atoms with Gasteiger partial charge in [-0.2, -0.15) is 0 Å². The maximum Gasteiger partial charge on any atom is 0.245 e. The normalized spacial score (nSPS) is 13.8. The fraction of sp³-hybridized carbons (Fsp3) is 0.440. The van der Waals surface area contributed by atoms with Crippen LogP contribution in [0.5, 0.6) is 5.75 Å². The molecule has 184 valence electrons. The number of hydrogen-bond acceptors (Lipinski definition) is 4. The number of rotatable bonds is 10. The van der Waals surface area contributed by atoms with E-state index in [2.05, 4.69) is 4.98 Å². The lowest BCUT2D eigenvalue weighted by Crippen LogP contribution is -2.38. The molecule has 0 amide bonds. The molecule has 2 heterocycles. The SMILES string of the molecule is Cc1cc(OCc2c(F)cccc2F)c2nc(C)c(C(=O)CCC(C)(N)CCC(C)(F)F)n2c1. The van der Waals surface area contributed by atoms with E-state index in [4.69, 9.17) is 10.5 Å². The predicted molar refractivity (Wildman–Crippen MR) is 121 cm³/mol. The van der Waals surface area contributed by atoms with E-state index >= 15 is 0 Å². The van der Waals surface area contributed by atoms with Crippen LogP contribution in [0, 0.1) is 25.5 Å². The summed E-state index contributed by atoms with van der Waals surface area (Å²) in [5, 5.41) is 0. The van der Waals surface area contributed by atoms with E-state index in [1.165, 1.54) is 6.07 Å². The smallest absolute Gasteiger partial charge is 0.245 e. The highest BCUT2D eigenvalue weighted by Crippen LogP contribution is 2.29. The van der Waals surface area contributed by atoms with E-state index in [0.29, 0.717) is 17.0 Å². The number of halogens is 4. The number of fused-ring (bicyclic) bond motifs is 1. The van der Waals surface area contributed by atoms with Crippen molar-refractivity contribution >= 4 is 11.4 Å². The number of hydrogen-bond donors (Lipinski definition) is 1. The topological polar surface area (TPSA) is 69.6 Å². The molecule has 3 rings (SSSR count). The maximum atomic E-state index is 14.0. The molecule has 0 aliphatic carbocycles. The summed E-state index contributed by atoms with van der Waals surface area (Å²) in [6.07, 6.45) is 1.74. The minimum Gasteiger partial charge on any atom is -0.485 e. The Bertz CT molecular complexity index is 1180. The molecule has 0 fully saturated rings. The fourth-order valence-corrected chi connectivity index (χ4v) is 3.77. The van der Waals surface area contributed by atoms with Crippen molar-refractivity contribution in [2.75, 3.05) is 0 Å². The summed E-state index contributed by atoms with van der Waals surface area (Å²) < 4.78 is 61.7. The first-order chi connectivity index (χ1) is 15.8. The third-order valence-corrected chi connectivity index (χ3v) is 5.75. The molecular formula is C25H29F4N3O2. The molecule has 5 nitrogen and oxygen atoms in total. The van der Waals surface area contributed by atoms with Gasteiger partial charge in [0.15, 0.2) is 17.2 Å². The number of ether oxygens (including phenoxy) is 1. The van der Waals surface area contributed by atoms with Crippen LogP contribution in [0.2, 0.25) is 0 Å². The van der Waals surface area contributed by atoms with Crippen molar-refractivity contribution < 1.29 is 27.1 Å². The van der Waals surface area contributed by atoms with E-state index in [9.17, 15) is 22.4 Å². The lowest BCUT2D eigenvalue weighted by atomic mass is 9.89. The molecule has 9 heteroatoms. The number of carbonyl (C=O) groups excluding carboxylic acids is 1. The van der Waals surface area contributed by atoms with Gasteiger partial charge in [-0.1, -0.05) is 6.07 Å². The van der Waals surface area contributed by atoms with Crippen molar-refractivity contribution in [3.63, 3.8) is 0 Å². The van der Waals surface area contributed by atoms with Crippen LogP contribution in [0.1, 0.15) is 66.8 Å². The molecule has 1 atom stereocenters. The number of nitrogens with two attached hydrogens (primary N) is 1. The number of ketones is 1. The molecule has 0 aliphatic rings. The number of Topliss-reactive ketones (excluding diaryl/α,β-unsaturated/α-hetero) is 1. The Kier molecular flexibility index (Phi) is 7.35. The number of alkyl halides is 2. The van der Waals surface area contributed by atoms with Gasteiger partial charge in [-0.15, -0.1) is 0 Å². The van der Waals surface area contributed by atoms with E-state index in [1.54, 1.807) is 37.4 Å². The van der Waals surface area contributed by atoms with Crippen molar-refractivity contribution in [1.82, 2.24) is 9.38 Å². The van der Waals surface area contributed by atoms with Crippen molar-refractivity contribution in [1.29, 1.82) is 0 Å². The van der Waals surface area contributed by atoms with Crippen LogP contribution in [0.3, 0.4) is 0 Å². The Labute approximate surface area is 195 Å². The zero-order chi connectivity index (χ0) is 25.3. The van der Waals surface area contributed by atoms with Crippen LogP contribution in [-0.4, -0.2) is 26.6 Å². The minimum atomic E-state index is -2.82. The first kappa shape index (κ1) is 25.7. The quantitative estimate of drug-likeness (QED) is 0.289. The molecule has 0 bridgehead atoms. The minimum absolute atomic E-state index is 0.0570. The maximum absolute atomic E-state index is 14.0. The molecule has 0 spiro atoms. The number of pyridine rings is 1. The molecule has 1 aromatic carbocycles. The Morgan fingerprint density at radius 1 is 1.12 bits per heavy atom. The monoisotopic (exact) mass is 479 g/mol. The summed E-state index contributed by atoms with van der Waals surface area (Å²) in [7, 11) is 0. The summed E-state index contributed by atoms with van der Waals surface area (Å²) in [6.45, 7) is 5.63. The zero-order valence-corrected chi connectivity index (χ0v) is 19.7. The van der Waals surface area contributed by atoms with E-state index in [-0.39, 0.29) is 49.4 Å². The second-order valence-electron chi connectivity index (χ2n) is 9.26. The average Bonchev–Trinajstić information content (AvgIpc) is 3.05. The third kappa shape index (κ3) is 6.14. The zero-order valence-electron chi connectivity index (χ0n) is 19.7. The number of imidazole rings is 1. The van der Waals surface area contributed by atoms with E-state index in [1.807, 2.05) is 0 Å². The molecule has 2 aromatic heterocycles. The highest BCUT2D eigenvalue weighted by Gasteiger charge is 2.29. The van der Waals surface area contributed by atoms with Gasteiger partial charge in [0.1, 0.15) is 23.9 Å². The van der Waals surface area contributed by atoms with Crippen LogP contribution in [-0.2, 0) is 6.61 Å². The number of benzene rings is 1. The van der Waals surface area contributed by atoms with Crippen LogP contribution in [0.25, 0.3) is 5.65 Å². The molecule has 0 saturated carbocycles. The van der Waals surface area contributed by atoms with Gasteiger partial charge >= 0.3 is 0 Å². The largest absolute Gasteiger partial charge is 0.485 e. The van der Waals surface area contributed by atoms with E-state index < -0.39 is 23.1 Å². The van der Waals surface area contributed by atoms with Crippen LogP contribution < -0.4 is 10.5 Å². The second-order valence-corrected chi connectivity index (χ2v) is 9.26. The summed E-state index contributed by atoms with van der Waals surface area (Å²) in [4.78, 5) is 17.5. The van der Waals surface area contributed by atoms with Gasteiger partial charge in [0, 0.05) is 24.6 Å². The van der Waals surface area contributed by atoms with Gasteiger partial charge in [-0.25, -0.2) is 22.5 Å². The number of aromatic nitrogens is 2. The summed E-state index contributed by atoms with van der Waals surface area (Å²) in [5.41, 5.74) is 6.90. The van der Waals surface area contributed by atoms with Crippen molar-refractivity contribution in [3.8, 4) is 5.75 Å². The number of nitrogens with zero attached hydrogens (tertiary/aromatic N) is 2. The molecule has 2 N–H and O–H groups in total. The molecule has 34 heavy (non-hydrogen) atoms. The van der Waals surface area contributed by atoms with Crippen LogP contribution in [0.15, 0.2) is 30.5 Å². The van der Waals surface area contributed by atoms with Crippen molar-refractivity contribution in [2.45, 2.75) is 71.4 Å². The molecular weight excluding hydrogens is 450 g/mol. The van der Waals surface area contributed by atoms with Gasteiger partial charge in [0.25, 0.3) is 0 Å². The van der Waals surface area contributed by atoms with Gasteiger partial charge in [-0.3, -0.25) is 9.20 Å². The highest BCUT2D eigenvalue weighted by atomic mass is 19.3. The Hall–Kier alpha value is -2.94. The third-order valence-electron chi connectivity index (χ3n) is 5.75. The van der Waals surface area contributed by atoms with Crippen LogP contribution in [0.4, 0.5) is 17.6 Å². The first-order valence-electron chi connectivity index (χ1n) is 11.0. The lowest BCUT2D eigenvalue weighted by molar-refractivity contribution is 0.00519. The molecule has 0 aliphatic heterocycles. The molecule has 0 saturated heterocycles. The van der Waals surface area contributed by atoms with Crippen LogP contribution >= 0.6 is 0 Å². The van der Waals surface area contributed by atoms with Gasteiger partial charge in [-0.05, 0) is 64.3 Å². The Balaban J connectivity index is 1.82. The average molecular weight is 480 g/mol. The predicted octanol–water partition coefficient (Wildman–Crippen LogP) is 5.92. The Morgan fingerprint density at radius 3 is 2.38 bits per heavy atom. The fourth-order valence-electron chi connectivity index (χ4n) is 3.77. The van der Waals surface area contributed by atoms with Gasteiger partial charge < -0.3 is 10.5 Å². The van der Waals surface area contributed by atoms with Crippen molar-refractivity contribution in [2.24, 2.45) is 5.73 Å². The lowest BCUT2D eigenvalue weighted by Gasteiger charge is -2.25. The van der Waals surface area contributed by atoms with Crippen molar-refractivity contribution in [3.05, 3.63) is 64.6 Å². The molecule has 0 radical (unpaired) electrons. The standard InChI is InChI=1S/C25H29F4N3O2/c1-15-12-21(34-14-17-18(26)6-5-7-19(17)27)23-31-16(2)22(32(23)13-15)20(33)8-9-24(3,30)10-11-25(4,28)29/h5-7,12-13H,8-11,14,30H2,1-4H3. The Morgan fingerprint density at radius 2 is 1.76 bits per heavy atom. The highest BCUT2D eigenvalue weighted by molar-refractivity contribution is 5.96. The molecule has 1 unspecified atom stereocenters. The summed E-state index contributed by atoms with van der Waals surface area (Å²) in [6, 6.07) is 5.25. The summed E-state index contributed by atoms with van der Waals surface area (Å²) in [5.74, 6) is -4.21. The van der Waals surface area contributed by atoms with Gasteiger partial charge in [0.2, 0.25) is 5.92 Å². The number of aryl methyl sites for hydroxylation is 2. The second kappa shape index (κ2) is 9.74. The summed E-state index contributed by atoms with van der Waals surface area (Å²) >= 11 is 0. The van der Waals surface area contributed by atoms with E-state index in [0.717, 1.165) is 24.6 Å².